The van der Waals surface area contributed by atoms with Crippen LogP contribution in [0.3, 0.4) is 0 Å². The summed E-state index contributed by atoms with van der Waals surface area (Å²) in [7, 11) is 0. The van der Waals surface area contributed by atoms with E-state index in [9.17, 15) is 19.2 Å². The standard InChI is InChI=1S/C25H24ClN3O6/c1-25(12-34-13-25)18-5-4-16(9-19(18)26)27-24(33)35-11-14-2-3-15-10-29(23(32)17(15)8-14)20-6-7-21(30)28-22(20)31/h2-5,8-9,20H,6-7,10-13H2,1H3,(H,27,33)(H,28,30,31). The Bertz CT molecular complexity index is 1240. The van der Waals surface area contributed by atoms with Gasteiger partial charge in [-0.05, 0) is 41.3 Å². The molecule has 5 rings (SSSR count). The molecular formula is C25H24ClN3O6. The van der Waals surface area contributed by atoms with E-state index in [4.69, 9.17) is 21.1 Å². The van der Waals surface area contributed by atoms with Crippen LogP contribution in [0.15, 0.2) is 36.4 Å². The van der Waals surface area contributed by atoms with E-state index in [2.05, 4.69) is 17.6 Å². The largest absolute Gasteiger partial charge is 0.444 e. The van der Waals surface area contributed by atoms with E-state index >= 15 is 0 Å². The Kier molecular flexibility index (Phi) is 5.98. The summed E-state index contributed by atoms with van der Waals surface area (Å²) in [6.07, 6.45) is -0.144. The number of piperidine rings is 1. The zero-order chi connectivity index (χ0) is 24.7. The van der Waals surface area contributed by atoms with Gasteiger partial charge >= 0.3 is 6.09 Å². The minimum Gasteiger partial charge on any atom is -0.444 e. The summed E-state index contributed by atoms with van der Waals surface area (Å²) in [6.45, 7) is 3.55. The first-order valence-electron chi connectivity index (χ1n) is 11.3. The van der Waals surface area contributed by atoms with Crippen LogP contribution in [-0.2, 0) is 37.6 Å². The number of nitrogens with one attached hydrogen (secondary N) is 2. The van der Waals surface area contributed by atoms with Crippen molar-refractivity contribution >= 4 is 41.1 Å². The summed E-state index contributed by atoms with van der Waals surface area (Å²) in [5.41, 5.74) is 3.26. The highest BCUT2D eigenvalue weighted by molar-refractivity contribution is 6.31. The molecule has 35 heavy (non-hydrogen) atoms. The molecule has 1 unspecified atom stereocenters. The van der Waals surface area contributed by atoms with Gasteiger partial charge in [-0.3, -0.25) is 25.0 Å². The van der Waals surface area contributed by atoms with Gasteiger partial charge in [-0.1, -0.05) is 36.7 Å². The second-order valence-electron chi connectivity index (χ2n) is 9.34. The molecule has 3 aliphatic heterocycles. The van der Waals surface area contributed by atoms with Crippen molar-refractivity contribution in [1.82, 2.24) is 10.2 Å². The molecule has 2 N–H and O–H groups in total. The average Bonchev–Trinajstić information content (AvgIpc) is 3.12. The van der Waals surface area contributed by atoms with Crippen molar-refractivity contribution in [2.75, 3.05) is 18.5 Å². The predicted molar refractivity (Wildman–Crippen MR) is 126 cm³/mol. The fraction of sp³-hybridized carbons (Fsp3) is 0.360. The normalized spacial score (nSPS) is 20.7. The maximum atomic E-state index is 12.9. The molecule has 2 saturated heterocycles. The average molecular weight is 498 g/mol. The molecule has 0 spiro atoms. The number of carbonyl (C=O) groups excluding carboxylic acids is 4. The molecule has 2 aromatic rings. The number of halogens is 1. The molecule has 2 aromatic carbocycles. The number of ether oxygens (including phenoxy) is 2. The molecule has 9 nitrogen and oxygen atoms in total. The first-order chi connectivity index (χ1) is 16.7. The first kappa shape index (κ1) is 23.3. The molecule has 0 aliphatic carbocycles. The number of amides is 4. The molecule has 10 heteroatoms. The molecule has 182 valence electrons. The lowest BCUT2D eigenvalue weighted by molar-refractivity contribution is -0.136. The Labute approximate surface area is 206 Å². The number of fused-ring (bicyclic) bond motifs is 1. The first-order valence-corrected chi connectivity index (χ1v) is 11.7. The van der Waals surface area contributed by atoms with Crippen molar-refractivity contribution in [3.8, 4) is 0 Å². The summed E-state index contributed by atoms with van der Waals surface area (Å²) >= 11 is 6.41. The molecule has 3 heterocycles. The van der Waals surface area contributed by atoms with Gasteiger partial charge in [0.2, 0.25) is 11.8 Å². The van der Waals surface area contributed by atoms with Gasteiger partial charge in [0.25, 0.3) is 5.91 Å². The van der Waals surface area contributed by atoms with Crippen LogP contribution in [0.2, 0.25) is 5.02 Å². The number of anilines is 1. The highest BCUT2D eigenvalue weighted by Gasteiger charge is 2.39. The van der Waals surface area contributed by atoms with Crippen molar-refractivity contribution in [2.45, 2.75) is 44.4 Å². The van der Waals surface area contributed by atoms with Gasteiger partial charge in [-0.2, -0.15) is 0 Å². The summed E-state index contributed by atoms with van der Waals surface area (Å²) in [5.74, 6) is -1.06. The minimum atomic E-state index is -0.671. The highest BCUT2D eigenvalue weighted by atomic mass is 35.5. The molecule has 2 fully saturated rings. The summed E-state index contributed by atoms with van der Waals surface area (Å²) in [4.78, 5) is 50.3. The van der Waals surface area contributed by atoms with Gasteiger partial charge in [0.1, 0.15) is 12.6 Å². The number of imide groups is 1. The van der Waals surface area contributed by atoms with E-state index in [0.717, 1.165) is 11.1 Å². The van der Waals surface area contributed by atoms with Gasteiger partial charge in [0, 0.05) is 34.7 Å². The predicted octanol–water partition coefficient (Wildman–Crippen LogP) is 3.14. The van der Waals surface area contributed by atoms with Crippen LogP contribution in [0.1, 0.15) is 46.8 Å². The van der Waals surface area contributed by atoms with E-state index in [1.807, 2.05) is 6.07 Å². The summed E-state index contributed by atoms with van der Waals surface area (Å²) in [5, 5.41) is 5.50. The molecule has 3 aliphatic rings. The Hall–Kier alpha value is -3.43. The minimum absolute atomic E-state index is 0.0357. The third-order valence-corrected chi connectivity index (χ3v) is 6.98. The lowest BCUT2D eigenvalue weighted by Gasteiger charge is -2.39. The third-order valence-electron chi connectivity index (χ3n) is 6.67. The lowest BCUT2D eigenvalue weighted by atomic mass is 9.81. The molecule has 0 saturated carbocycles. The van der Waals surface area contributed by atoms with Gasteiger partial charge in [-0.25, -0.2) is 4.79 Å². The van der Waals surface area contributed by atoms with Gasteiger partial charge in [-0.15, -0.1) is 0 Å². The Morgan fingerprint density at radius 2 is 2.03 bits per heavy atom. The monoisotopic (exact) mass is 497 g/mol. The number of carbonyl (C=O) groups is 4. The van der Waals surface area contributed by atoms with Gasteiger partial charge in [0.15, 0.2) is 0 Å². The van der Waals surface area contributed by atoms with Crippen molar-refractivity contribution in [1.29, 1.82) is 0 Å². The smallest absolute Gasteiger partial charge is 0.411 e. The maximum absolute atomic E-state index is 12.9. The second-order valence-corrected chi connectivity index (χ2v) is 9.75. The van der Waals surface area contributed by atoms with Gasteiger partial charge < -0.3 is 14.4 Å². The second kappa shape index (κ2) is 8.98. The van der Waals surface area contributed by atoms with Crippen LogP contribution >= 0.6 is 11.6 Å². The molecule has 1 atom stereocenters. The fourth-order valence-electron chi connectivity index (χ4n) is 4.64. The lowest BCUT2D eigenvalue weighted by Crippen LogP contribution is -2.52. The van der Waals surface area contributed by atoms with Gasteiger partial charge in [0.05, 0.1) is 13.2 Å². The topological polar surface area (TPSA) is 114 Å². The van der Waals surface area contributed by atoms with E-state index in [-0.39, 0.29) is 30.3 Å². The molecule has 0 bridgehead atoms. The Morgan fingerprint density at radius 3 is 2.71 bits per heavy atom. The van der Waals surface area contributed by atoms with Crippen molar-refractivity contribution < 1.29 is 28.7 Å². The van der Waals surface area contributed by atoms with E-state index in [1.54, 1.807) is 30.3 Å². The van der Waals surface area contributed by atoms with Crippen molar-refractivity contribution in [3.63, 3.8) is 0 Å². The Balaban J connectivity index is 1.19. The van der Waals surface area contributed by atoms with E-state index < -0.39 is 18.0 Å². The van der Waals surface area contributed by atoms with Crippen LogP contribution in [0.4, 0.5) is 10.5 Å². The maximum Gasteiger partial charge on any atom is 0.411 e. The zero-order valence-corrected chi connectivity index (χ0v) is 19.8. The summed E-state index contributed by atoms with van der Waals surface area (Å²) in [6, 6.07) is 9.89. The number of benzene rings is 2. The van der Waals surface area contributed by atoms with Crippen molar-refractivity contribution in [2.24, 2.45) is 0 Å². The quantitative estimate of drug-likeness (QED) is 0.613. The molecule has 0 aromatic heterocycles. The number of nitrogens with zero attached hydrogens (tertiary/aromatic N) is 1. The van der Waals surface area contributed by atoms with Crippen LogP contribution in [0.25, 0.3) is 0 Å². The molecule has 4 amide bonds. The fourth-order valence-corrected chi connectivity index (χ4v) is 5.05. The Morgan fingerprint density at radius 1 is 1.23 bits per heavy atom. The number of hydrogen-bond donors (Lipinski definition) is 2. The number of hydrogen-bond acceptors (Lipinski definition) is 6. The molecule has 0 radical (unpaired) electrons. The van der Waals surface area contributed by atoms with Crippen LogP contribution in [0, 0.1) is 0 Å². The van der Waals surface area contributed by atoms with Crippen molar-refractivity contribution in [3.05, 3.63) is 63.7 Å². The van der Waals surface area contributed by atoms with Crippen LogP contribution in [-0.4, -0.2) is 48.0 Å². The SMILES string of the molecule is CC1(c2ccc(NC(=O)OCc3ccc4c(c3)C(=O)N(C3CCC(=O)NC3=O)C4)cc2Cl)COC1. The highest BCUT2D eigenvalue weighted by Crippen LogP contribution is 2.37. The van der Waals surface area contributed by atoms with E-state index in [0.29, 0.717) is 48.0 Å². The van der Waals surface area contributed by atoms with Crippen LogP contribution in [0.5, 0.6) is 0 Å². The number of rotatable bonds is 5. The van der Waals surface area contributed by atoms with Crippen LogP contribution < -0.4 is 10.6 Å². The zero-order valence-electron chi connectivity index (χ0n) is 19.1. The van der Waals surface area contributed by atoms with E-state index in [1.165, 1.54) is 4.90 Å². The summed E-state index contributed by atoms with van der Waals surface area (Å²) < 4.78 is 10.6. The third kappa shape index (κ3) is 4.49. The molecular weight excluding hydrogens is 474 g/mol.